The van der Waals surface area contributed by atoms with Crippen LogP contribution in [0.3, 0.4) is 0 Å². The fourth-order valence-electron chi connectivity index (χ4n) is 2.41. The largest absolute Gasteiger partial charge is 0.339 e. The first kappa shape index (κ1) is 11.3. The molecule has 0 radical (unpaired) electrons. The molecule has 3 rings (SSSR count). The van der Waals surface area contributed by atoms with Crippen molar-refractivity contribution in [3.05, 3.63) is 24.5 Å². The van der Waals surface area contributed by atoms with Gasteiger partial charge in [0, 0.05) is 18.2 Å². The van der Waals surface area contributed by atoms with Crippen molar-refractivity contribution in [3.63, 3.8) is 0 Å². The molecule has 0 aliphatic heterocycles. The quantitative estimate of drug-likeness (QED) is 0.877. The van der Waals surface area contributed by atoms with E-state index in [1.807, 2.05) is 0 Å². The average Bonchev–Trinajstić information content (AvgIpc) is 3.00. The van der Waals surface area contributed by atoms with E-state index < -0.39 is 0 Å². The second kappa shape index (κ2) is 4.45. The highest BCUT2D eigenvalue weighted by atomic mass is 16.5. The lowest BCUT2D eigenvalue weighted by Crippen LogP contribution is -2.38. The van der Waals surface area contributed by atoms with Gasteiger partial charge in [-0.05, 0) is 18.9 Å². The number of rotatable bonds is 3. The summed E-state index contributed by atoms with van der Waals surface area (Å²) in [6.07, 6.45) is 8.18. The Hall–Kier alpha value is -1.82. The molecule has 2 N–H and O–H groups in total. The summed E-state index contributed by atoms with van der Waals surface area (Å²) in [7, 11) is 0. The van der Waals surface area contributed by atoms with Crippen molar-refractivity contribution in [2.24, 2.45) is 5.73 Å². The minimum atomic E-state index is -0.171. The SMILES string of the molecule is NC1(Cc2nc(-c3ccncn3)no2)CCCC1. The van der Waals surface area contributed by atoms with Crippen LogP contribution in [-0.4, -0.2) is 25.6 Å². The van der Waals surface area contributed by atoms with Crippen LogP contribution in [0.1, 0.15) is 31.6 Å². The summed E-state index contributed by atoms with van der Waals surface area (Å²) in [4.78, 5) is 12.3. The van der Waals surface area contributed by atoms with Crippen molar-refractivity contribution in [3.8, 4) is 11.5 Å². The Morgan fingerprint density at radius 1 is 1.33 bits per heavy atom. The molecule has 0 saturated heterocycles. The standard InChI is InChI=1S/C12H15N5O/c13-12(4-1-2-5-12)7-10-16-11(17-18-10)9-3-6-14-8-15-9/h3,6,8H,1-2,4-5,7,13H2. The molecule has 1 saturated carbocycles. The van der Waals surface area contributed by atoms with Gasteiger partial charge in [-0.15, -0.1) is 0 Å². The molecule has 1 fully saturated rings. The maximum Gasteiger partial charge on any atom is 0.228 e. The lowest BCUT2D eigenvalue weighted by molar-refractivity contribution is 0.329. The number of hydrogen-bond donors (Lipinski definition) is 1. The van der Waals surface area contributed by atoms with E-state index in [1.54, 1.807) is 12.3 Å². The molecule has 1 aliphatic rings. The molecule has 0 atom stereocenters. The van der Waals surface area contributed by atoms with Crippen LogP contribution in [0.2, 0.25) is 0 Å². The smallest absolute Gasteiger partial charge is 0.228 e. The van der Waals surface area contributed by atoms with Crippen LogP contribution in [0.5, 0.6) is 0 Å². The molecule has 2 aromatic rings. The van der Waals surface area contributed by atoms with E-state index in [4.69, 9.17) is 10.3 Å². The number of hydrogen-bond acceptors (Lipinski definition) is 6. The van der Waals surface area contributed by atoms with Gasteiger partial charge in [-0.3, -0.25) is 0 Å². The molecule has 6 heteroatoms. The Bertz CT molecular complexity index is 518. The van der Waals surface area contributed by atoms with E-state index in [9.17, 15) is 0 Å². The molecule has 2 aromatic heterocycles. The Labute approximate surface area is 105 Å². The Morgan fingerprint density at radius 3 is 2.89 bits per heavy atom. The van der Waals surface area contributed by atoms with Crippen molar-refractivity contribution >= 4 is 0 Å². The van der Waals surface area contributed by atoms with Gasteiger partial charge < -0.3 is 10.3 Å². The second-order valence-electron chi connectivity index (χ2n) is 4.85. The van der Waals surface area contributed by atoms with Crippen LogP contribution < -0.4 is 5.73 Å². The van der Waals surface area contributed by atoms with Gasteiger partial charge in [0.1, 0.15) is 12.0 Å². The predicted octanol–water partition coefficient (Wildman–Crippen LogP) is 1.34. The molecule has 94 valence electrons. The molecule has 0 aromatic carbocycles. The number of nitrogens with zero attached hydrogens (tertiary/aromatic N) is 4. The molecule has 0 unspecified atom stereocenters. The predicted molar refractivity (Wildman–Crippen MR) is 64.4 cm³/mol. The third-order valence-electron chi connectivity index (χ3n) is 3.38. The van der Waals surface area contributed by atoms with Gasteiger partial charge in [0.05, 0.1) is 0 Å². The lowest BCUT2D eigenvalue weighted by Gasteiger charge is -2.20. The summed E-state index contributed by atoms with van der Waals surface area (Å²) in [5.74, 6) is 1.09. The molecular formula is C12H15N5O. The maximum atomic E-state index is 6.29. The molecule has 18 heavy (non-hydrogen) atoms. The summed E-state index contributed by atoms with van der Waals surface area (Å²) < 4.78 is 5.24. The van der Waals surface area contributed by atoms with Gasteiger partial charge in [0.25, 0.3) is 0 Å². The Balaban J connectivity index is 1.78. The van der Waals surface area contributed by atoms with E-state index in [0.29, 0.717) is 23.8 Å². The van der Waals surface area contributed by atoms with Crippen LogP contribution in [0.15, 0.2) is 23.1 Å². The Kier molecular flexibility index (Phi) is 2.79. The molecule has 6 nitrogen and oxygen atoms in total. The molecule has 0 amide bonds. The van der Waals surface area contributed by atoms with Gasteiger partial charge in [0.15, 0.2) is 0 Å². The third-order valence-corrected chi connectivity index (χ3v) is 3.38. The first-order valence-electron chi connectivity index (χ1n) is 6.13. The van der Waals surface area contributed by atoms with Crippen molar-refractivity contribution < 1.29 is 4.52 Å². The molecule has 0 bridgehead atoms. The maximum absolute atomic E-state index is 6.29. The molecule has 0 spiro atoms. The van der Waals surface area contributed by atoms with Gasteiger partial charge in [-0.1, -0.05) is 18.0 Å². The molecular weight excluding hydrogens is 230 g/mol. The summed E-state index contributed by atoms with van der Waals surface area (Å²) in [6.45, 7) is 0. The first-order valence-corrected chi connectivity index (χ1v) is 6.13. The summed E-state index contributed by atoms with van der Waals surface area (Å²) in [5, 5.41) is 3.93. The van der Waals surface area contributed by atoms with Crippen LogP contribution in [0.4, 0.5) is 0 Å². The number of nitrogens with two attached hydrogens (primary N) is 1. The van der Waals surface area contributed by atoms with E-state index >= 15 is 0 Å². The minimum absolute atomic E-state index is 0.171. The van der Waals surface area contributed by atoms with Gasteiger partial charge in [0.2, 0.25) is 11.7 Å². The molecule has 1 aliphatic carbocycles. The normalized spacial score (nSPS) is 18.1. The highest BCUT2D eigenvalue weighted by Gasteiger charge is 2.31. The fraction of sp³-hybridized carbons (Fsp3) is 0.500. The highest BCUT2D eigenvalue weighted by molar-refractivity contribution is 5.46. The topological polar surface area (TPSA) is 90.7 Å². The Morgan fingerprint density at radius 2 is 2.17 bits per heavy atom. The average molecular weight is 245 g/mol. The van der Waals surface area contributed by atoms with Crippen molar-refractivity contribution in [2.75, 3.05) is 0 Å². The van der Waals surface area contributed by atoms with Gasteiger partial charge in [-0.2, -0.15) is 4.98 Å². The first-order chi connectivity index (χ1) is 8.75. The van der Waals surface area contributed by atoms with Crippen LogP contribution in [0.25, 0.3) is 11.5 Å². The van der Waals surface area contributed by atoms with E-state index in [0.717, 1.165) is 12.8 Å². The van der Waals surface area contributed by atoms with Crippen LogP contribution in [0, 0.1) is 0 Å². The fourth-order valence-corrected chi connectivity index (χ4v) is 2.41. The summed E-state index contributed by atoms with van der Waals surface area (Å²) in [5.41, 5.74) is 6.78. The number of aromatic nitrogens is 4. The molecule has 2 heterocycles. The van der Waals surface area contributed by atoms with Crippen molar-refractivity contribution in [1.82, 2.24) is 20.1 Å². The second-order valence-corrected chi connectivity index (χ2v) is 4.85. The van der Waals surface area contributed by atoms with Crippen molar-refractivity contribution in [1.29, 1.82) is 0 Å². The lowest BCUT2D eigenvalue weighted by atomic mass is 9.95. The van der Waals surface area contributed by atoms with E-state index in [2.05, 4.69) is 20.1 Å². The summed E-state index contributed by atoms with van der Waals surface area (Å²) >= 11 is 0. The van der Waals surface area contributed by atoms with Crippen molar-refractivity contribution in [2.45, 2.75) is 37.6 Å². The van der Waals surface area contributed by atoms with Crippen LogP contribution >= 0.6 is 0 Å². The minimum Gasteiger partial charge on any atom is -0.339 e. The van der Waals surface area contributed by atoms with Gasteiger partial charge in [-0.25, -0.2) is 9.97 Å². The highest BCUT2D eigenvalue weighted by Crippen LogP contribution is 2.30. The van der Waals surface area contributed by atoms with E-state index in [-0.39, 0.29) is 5.54 Å². The zero-order chi connectivity index (χ0) is 12.4. The van der Waals surface area contributed by atoms with Crippen LogP contribution in [-0.2, 0) is 6.42 Å². The van der Waals surface area contributed by atoms with E-state index in [1.165, 1.54) is 19.2 Å². The van der Waals surface area contributed by atoms with Gasteiger partial charge >= 0.3 is 0 Å². The zero-order valence-corrected chi connectivity index (χ0v) is 10.0. The third kappa shape index (κ3) is 2.24. The monoisotopic (exact) mass is 245 g/mol. The summed E-state index contributed by atoms with van der Waals surface area (Å²) in [6, 6.07) is 1.75. The zero-order valence-electron chi connectivity index (χ0n) is 10.0.